The van der Waals surface area contributed by atoms with Gasteiger partial charge >= 0.3 is 6.18 Å². The normalized spacial score (nSPS) is 11.9. The highest BCUT2D eigenvalue weighted by Gasteiger charge is 2.34. The molecule has 0 unspecified atom stereocenters. The molecule has 28 heavy (non-hydrogen) atoms. The molecule has 0 fully saturated rings. The molecule has 0 aliphatic heterocycles. The topological polar surface area (TPSA) is 106 Å². The summed E-state index contributed by atoms with van der Waals surface area (Å²) < 4.78 is 38.1. The van der Waals surface area contributed by atoms with Gasteiger partial charge in [-0.3, -0.25) is 10.2 Å². The summed E-state index contributed by atoms with van der Waals surface area (Å²) in [5, 5.41) is 15.4. The number of fused-ring (bicyclic) bond motifs is 1. The Morgan fingerprint density at radius 1 is 1.21 bits per heavy atom. The summed E-state index contributed by atoms with van der Waals surface area (Å²) in [5.74, 6) is -1.79. The van der Waals surface area contributed by atoms with Crippen molar-refractivity contribution in [3.8, 4) is 6.07 Å². The third-order valence-corrected chi connectivity index (χ3v) is 3.66. The molecule has 0 aliphatic carbocycles. The number of carbonyl (C=O) groups excluding carboxylic acids is 1. The van der Waals surface area contributed by atoms with Gasteiger partial charge < -0.3 is 10.3 Å². The van der Waals surface area contributed by atoms with Crippen LogP contribution in [-0.4, -0.2) is 21.6 Å². The van der Waals surface area contributed by atoms with Gasteiger partial charge in [-0.05, 0) is 23.8 Å². The third kappa shape index (κ3) is 4.45. The number of rotatable bonds is 5. The van der Waals surface area contributed by atoms with Crippen molar-refractivity contribution in [3.63, 3.8) is 0 Å². The van der Waals surface area contributed by atoms with Crippen LogP contribution in [0, 0.1) is 11.3 Å². The van der Waals surface area contributed by atoms with E-state index in [-0.39, 0.29) is 23.3 Å². The molecule has 0 bridgehead atoms. The van der Waals surface area contributed by atoms with E-state index in [1.807, 2.05) is 30.3 Å². The smallest absolute Gasteiger partial charge is 0.346 e. The number of alkyl halides is 3. The zero-order valence-corrected chi connectivity index (χ0v) is 14.2. The summed E-state index contributed by atoms with van der Waals surface area (Å²) in [6, 6.07) is 14.9. The lowest BCUT2D eigenvalue weighted by molar-refractivity contribution is -0.144. The van der Waals surface area contributed by atoms with Crippen LogP contribution in [0.2, 0.25) is 0 Å². The molecule has 0 spiro atoms. The fourth-order valence-electron chi connectivity index (χ4n) is 2.32. The minimum atomic E-state index is -4.59. The number of nitrogens with one attached hydrogen (secondary N) is 3. The van der Waals surface area contributed by atoms with Crippen molar-refractivity contribution < 1.29 is 18.0 Å². The zero-order valence-electron chi connectivity index (χ0n) is 14.2. The quantitative estimate of drug-likeness (QED) is 0.462. The number of hydrogen-bond acceptors (Lipinski definition) is 5. The average molecular weight is 386 g/mol. The monoisotopic (exact) mass is 386 g/mol. The number of amides is 1. The molecular formula is C18H13F3N6O. The summed E-state index contributed by atoms with van der Waals surface area (Å²) in [5.41, 5.74) is 3.48. The Morgan fingerprint density at radius 2 is 1.96 bits per heavy atom. The van der Waals surface area contributed by atoms with Crippen molar-refractivity contribution in [2.45, 2.75) is 12.7 Å². The third-order valence-electron chi connectivity index (χ3n) is 3.66. The molecule has 0 saturated carbocycles. The largest absolute Gasteiger partial charge is 0.449 e. The molecule has 0 radical (unpaired) electrons. The predicted octanol–water partition coefficient (Wildman–Crippen LogP) is 3.19. The Morgan fingerprint density at radius 3 is 2.64 bits per heavy atom. The van der Waals surface area contributed by atoms with E-state index in [9.17, 15) is 18.0 Å². The van der Waals surface area contributed by atoms with E-state index < -0.39 is 23.6 Å². The van der Waals surface area contributed by atoms with E-state index in [0.29, 0.717) is 0 Å². The van der Waals surface area contributed by atoms with E-state index in [2.05, 4.69) is 25.8 Å². The molecule has 2 aromatic carbocycles. The number of aromatic amines is 1. The number of halogens is 3. The molecule has 3 aromatic rings. The summed E-state index contributed by atoms with van der Waals surface area (Å²) in [4.78, 5) is 17.7. The maximum absolute atomic E-state index is 12.7. The number of imidazole rings is 1. The minimum absolute atomic E-state index is 0.128. The first-order valence-corrected chi connectivity index (χ1v) is 7.99. The molecule has 1 aromatic heterocycles. The molecule has 3 rings (SSSR count). The summed E-state index contributed by atoms with van der Waals surface area (Å²) >= 11 is 0. The van der Waals surface area contributed by atoms with Gasteiger partial charge in [0, 0.05) is 6.54 Å². The number of benzene rings is 2. The molecule has 0 atom stereocenters. The van der Waals surface area contributed by atoms with Gasteiger partial charge in [-0.15, -0.1) is 0 Å². The molecule has 1 heterocycles. The van der Waals surface area contributed by atoms with Crippen molar-refractivity contribution in [3.05, 3.63) is 59.9 Å². The standard InChI is InChI=1S/C18H13F3N6O/c19-18(20,21)17-24-13-7-6-12(8-14(13)25-17)26-27-15(9-22)16(28)23-10-11-4-2-1-3-5-11/h1-8,26H,10H2,(H,23,28)(H,24,25)/b27-15-. The van der Waals surface area contributed by atoms with Gasteiger partial charge in [-0.1, -0.05) is 30.3 Å². The highest BCUT2D eigenvalue weighted by Crippen LogP contribution is 2.29. The van der Waals surface area contributed by atoms with Gasteiger partial charge in [0.15, 0.2) is 0 Å². The number of nitriles is 1. The molecule has 7 nitrogen and oxygen atoms in total. The molecule has 3 N–H and O–H groups in total. The van der Waals surface area contributed by atoms with Gasteiger partial charge in [0.2, 0.25) is 11.5 Å². The second-order valence-corrected chi connectivity index (χ2v) is 5.67. The van der Waals surface area contributed by atoms with E-state index in [1.54, 1.807) is 6.07 Å². The fourth-order valence-corrected chi connectivity index (χ4v) is 2.32. The second-order valence-electron chi connectivity index (χ2n) is 5.67. The van der Waals surface area contributed by atoms with E-state index in [4.69, 9.17) is 5.26 Å². The van der Waals surface area contributed by atoms with Crippen molar-refractivity contribution in [1.29, 1.82) is 5.26 Å². The number of anilines is 1. The Hall–Kier alpha value is -3.87. The predicted molar refractivity (Wildman–Crippen MR) is 96.1 cm³/mol. The van der Waals surface area contributed by atoms with Crippen molar-refractivity contribution in [2.24, 2.45) is 5.10 Å². The van der Waals surface area contributed by atoms with Gasteiger partial charge in [0.1, 0.15) is 6.07 Å². The van der Waals surface area contributed by atoms with E-state index in [0.717, 1.165) is 5.56 Å². The maximum Gasteiger partial charge on any atom is 0.449 e. The minimum Gasteiger partial charge on any atom is -0.346 e. The number of hydrogen-bond donors (Lipinski definition) is 3. The van der Waals surface area contributed by atoms with Gasteiger partial charge in [-0.25, -0.2) is 4.98 Å². The molecule has 1 amide bonds. The molecule has 0 aliphatic rings. The van der Waals surface area contributed by atoms with Crippen LogP contribution in [0.25, 0.3) is 11.0 Å². The van der Waals surface area contributed by atoms with E-state index >= 15 is 0 Å². The second kappa shape index (κ2) is 7.79. The number of H-pyrrole nitrogens is 1. The van der Waals surface area contributed by atoms with Crippen LogP contribution < -0.4 is 10.7 Å². The Bertz CT molecular complexity index is 1070. The van der Waals surface area contributed by atoms with Crippen molar-refractivity contribution >= 4 is 28.3 Å². The molecule has 0 saturated heterocycles. The number of hydrazone groups is 1. The zero-order chi connectivity index (χ0) is 20.1. The van der Waals surface area contributed by atoms with Crippen LogP contribution in [0.4, 0.5) is 18.9 Å². The van der Waals surface area contributed by atoms with Gasteiger partial charge in [0.05, 0.1) is 16.7 Å². The van der Waals surface area contributed by atoms with Crippen molar-refractivity contribution in [1.82, 2.24) is 15.3 Å². The van der Waals surface area contributed by atoms with Crippen molar-refractivity contribution in [2.75, 3.05) is 5.43 Å². The summed E-state index contributed by atoms with van der Waals surface area (Å²) in [6.07, 6.45) is -4.59. The molecular weight excluding hydrogens is 373 g/mol. The lowest BCUT2D eigenvalue weighted by Crippen LogP contribution is -2.30. The summed E-state index contributed by atoms with van der Waals surface area (Å²) in [6.45, 7) is 0.223. The molecule has 10 heteroatoms. The maximum atomic E-state index is 12.7. The van der Waals surface area contributed by atoms with Gasteiger partial charge in [0.25, 0.3) is 5.91 Å². The average Bonchev–Trinajstić information content (AvgIpc) is 3.11. The molecule has 142 valence electrons. The number of nitrogens with zero attached hydrogens (tertiary/aromatic N) is 3. The van der Waals surface area contributed by atoms with Crippen LogP contribution in [0.1, 0.15) is 11.4 Å². The van der Waals surface area contributed by atoms with Crippen LogP contribution in [0.15, 0.2) is 53.6 Å². The Balaban J connectivity index is 1.69. The van der Waals surface area contributed by atoms with Crippen LogP contribution in [0.3, 0.4) is 0 Å². The van der Waals surface area contributed by atoms with E-state index in [1.165, 1.54) is 18.2 Å². The van der Waals surface area contributed by atoms with Gasteiger partial charge in [-0.2, -0.15) is 23.5 Å². The summed E-state index contributed by atoms with van der Waals surface area (Å²) in [7, 11) is 0. The SMILES string of the molecule is N#C/C(=N/Nc1ccc2nc(C(F)(F)F)[nH]c2c1)C(=O)NCc1ccccc1. The number of carbonyl (C=O) groups is 1. The van der Waals surface area contributed by atoms with Crippen LogP contribution in [-0.2, 0) is 17.5 Å². The Labute approximate surface area is 156 Å². The first-order valence-electron chi connectivity index (χ1n) is 7.99. The van der Waals surface area contributed by atoms with Crippen LogP contribution in [0.5, 0.6) is 0 Å². The number of aromatic nitrogens is 2. The van der Waals surface area contributed by atoms with Crippen LogP contribution >= 0.6 is 0 Å². The first-order chi connectivity index (χ1) is 13.4. The lowest BCUT2D eigenvalue weighted by atomic mass is 10.2. The highest BCUT2D eigenvalue weighted by molar-refractivity contribution is 6.45. The lowest BCUT2D eigenvalue weighted by Gasteiger charge is -2.04. The highest BCUT2D eigenvalue weighted by atomic mass is 19.4. The Kier molecular flexibility index (Phi) is 5.26. The first kappa shape index (κ1) is 18.9. The fraction of sp³-hybridized carbons (Fsp3) is 0.111.